The molecule has 19 heavy (non-hydrogen) atoms. The zero-order valence-electron chi connectivity index (χ0n) is 13.1. The van der Waals surface area contributed by atoms with Crippen molar-refractivity contribution in [2.45, 2.75) is 59.8 Å². The molecule has 0 aromatic heterocycles. The van der Waals surface area contributed by atoms with Gasteiger partial charge in [-0.15, -0.1) is 0 Å². The lowest BCUT2D eigenvalue weighted by Gasteiger charge is -2.13. The maximum atomic E-state index is 5.80. The van der Waals surface area contributed by atoms with E-state index >= 15 is 0 Å². The van der Waals surface area contributed by atoms with Crippen LogP contribution in [0.4, 0.5) is 0 Å². The molecule has 1 aromatic rings. The Morgan fingerprint density at radius 2 is 1.63 bits per heavy atom. The molecule has 0 N–H and O–H groups in total. The van der Waals surface area contributed by atoms with Gasteiger partial charge in [-0.05, 0) is 42.4 Å². The van der Waals surface area contributed by atoms with E-state index in [0.717, 1.165) is 37.0 Å². The molecule has 108 valence electrons. The Morgan fingerprint density at radius 3 is 2.21 bits per heavy atom. The number of rotatable bonds is 9. The molecule has 1 nitrogen and oxygen atoms in total. The molecule has 0 spiro atoms. The van der Waals surface area contributed by atoms with E-state index in [2.05, 4.69) is 52.0 Å². The van der Waals surface area contributed by atoms with Crippen LogP contribution in [0.5, 0.6) is 5.75 Å². The van der Waals surface area contributed by atoms with Crippen LogP contribution in [0.3, 0.4) is 0 Å². The van der Waals surface area contributed by atoms with Crippen molar-refractivity contribution in [1.29, 1.82) is 0 Å². The highest BCUT2D eigenvalue weighted by Crippen LogP contribution is 2.17. The zero-order valence-corrected chi connectivity index (χ0v) is 13.1. The minimum Gasteiger partial charge on any atom is -0.494 e. The van der Waals surface area contributed by atoms with Crippen LogP contribution >= 0.6 is 0 Å². The lowest BCUT2D eigenvalue weighted by atomic mass is 9.98. The van der Waals surface area contributed by atoms with Crippen molar-refractivity contribution in [1.82, 2.24) is 0 Å². The maximum absolute atomic E-state index is 5.80. The molecule has 0 amide bonds. The molecule has 0 fully saturated rings. The van der Waals surface area contributed by atoms with E-state index in [4.69, 9.17) is 4.74 Å². The summed E-state index contributed by atoms with van der Waals surface area (Å²) in [6.45, 7) is 9.95. The third-order valence-electron chi connectivity index (χ3n) is 3.69. The van der Waals surface area contributed by atoms with Gasteiger partial charge in [0.1, 0.15) is 5.75 Å². The van der Waals surface area contributed by atoms with Gasteiger partial charge in [-0.25, -0.2) is 0 Å². The Hall–Kier alpha value is -0.980. The van der Waals surface area contributed by atoms with Crippen LogP contribution in [0.15, 0.2) is 24.3 Å². The molecule has 1 rings (SSSR count). The molecule has 0 aliphatic heterocycles. The second-order valence-electron chi connectivity index (χ2n) is 6.06. The fourth-order valence-corrected chi connectivity index (χ4v) is 2.22. The quantitative estimate of drug-likeness (QED) is 0.572. The first-order valence-electron chi connectivity index (χ1n) is 7.83. The minimum absolute atomic E-state index is 0.772. The number of benzene rings is 1. The van der Waals surface area contributed by atoms with Crippen molar-refractivity contribution in [3.63, 3.8) is 0 Å². The highest BCUT2D eigenvalue weighted by atomic mass is 16.5. The van der Waals surface area contributed by atoms with Crippen molar-refractivity contribution in [2.75, 3.05) is 6.61 Å². The topological polar surface area (TPSA) is 9.23 Å². The summed E-state index contributed by atoms with van der Waals surface area (Å²) in [6.07, 6.45) is 6.28. The van der Waals surface area contributed by atoms with Crippen LogP contribution in [0, 0.1) is 11.8 Å². The van der Waals surface area contributed by atoms with E-state index in [1.54, 1.807) is 0 Å². The van der Waals surface area contributed by atoms with Gasteiger partial charge in [0.25, 0.3) is 0 Å². The molecule has 0 saturated carbocycles. The van der Waals surface area contributed by atoms with E-state index in [1.165, 1.54) is 24.8 Å². The summed E-state index contributed by atoms with van der Waals surface area (Å²) in [6, 6.07) is 8.48. The summed E-state index contributed by atoms with van der Waals surface area (Å²) in [7, 11) is 0. The summed E-state index contributed by atoms with van der Waals surface area (Å²) in [5.41, 5.74) is 1.37. The fraction of sp³-hybridized carbons (Fsp3) is 0.667. The molecule has 0 bridgehead atoms. The van der Waals surface area contributed by atoms with Crippen molar-refractivity contribution in [3.8, 4) is 5.75 Å². The summed E-state index contributed by atoms with van der Waals surface area (Å²) >= 11 is 0. The molecule has 1 unspecified atom stereocenters. The summed E-state index contributed by atoms with van der Waals surface area (Å²) in [4.78, 5) is 0. The summed E-state index contributed by atoms with van der Waals surface area (Å²) < 4.78 is 5.80. The second-order valence-corrected chi connectivity index (χ2v) is 6.06. The first kappa shape index (κ1) is 16.1. The monoisotopic (exact) mass is 262 g/mol. The van der Waals surface area contributed by atoms with Gasteiger partial charge in [0.05, 0.1) is 6.61 Å². The number of hydrogen-bond donors (Lipinski definition) is 0. The van der Waals surface area contributed by atoms with Crippen LogP contribution in [0.1, 0.15) is 58.9 Å². The molecular weight excluding hydrogens is 232 g/mol. The second kappa shape index (κ2) is 9.01. The lowest BCUT2D eigenvalue weighted by Crippen LogP contribution is -2.04. The smallest absolute Gasteiger partial charge is 0.119 e. The molecule has 1 heteroatoms. The molecule has 0 heterocycles. The normalized spacial score (nSPS) is 12.7. The average Bonchev–Trinajstić information content (AvgIpc) is 2.39. The summed E-state index contributed by atoms with van der Waals surface area (Å²) in [5, 5.41) is 0. The van der Waals surface area contributed by atoms with Gasteiger partial charge in [-0.2, -0.15) is 0 Å². The SMILES string of the molecule is CCc1ccc(OCCC(C)CCCC(C)C)cc1. The molecule has 1 aromatic carbocycles. The zero-order chi connectivity index (χ0) is 14.1. The van der Waals surface area contributed by atoms with E-state index < -0.39 is 0 Å². The number of ether oxygens (including phenoxy) is 1. The van der Waals surface area contributed by atoms with E-state index in [-0.39, 0.29) is 0 Å². The third-order valence-corrected chi connectivity index (χ3v) is 3.69. The van der Waals surface area contributed by atoms with Crippen molar-refractivity contribution >= 4 is 0 Å². The van der Waals surface area contributed by atoms with Gasteiger partial charge < -0.3 is 4.74 Å². The van der Waals surface area contributed by atoms with Crippen molar-refractivity contribution in [2.24, 2.45) is 11.8 Å². The van der Waals surface area contributed by atoms with Crippen LogP contribution in [-0.2, 0) is 6.42 Å². The van der Waals surface area contributed by atoms with Crippen LogP contribution in [0.25, 0.3) is 0 Å². The maximum Gasteiger partial charge on any atom is 0.119 e. The fourth-order valence-electron chi connectivity index (χ4n) is 2.22. The molecular formula is C18H30O. The summed E-state index contributed by atoms with van der Waals surface area (Å²) in [5.74, 6) is 2.61. The molecule has 0 saturated heterocycles. The van der Waals surface area contributed by atoms with Gasteiger partial charge in [0.2, 0.25) is 0 Å². The first-order chi connectivity index (χ1) is 9.11. The Morgan fingerprint density at radius 1 is 0.947 bits per heavy atom. The van der Waals surface area contributed by atoms with Crippen LogP contribution < -0.4 is 4.74 Å². The Bertz CT molecular complexity index is 326. The average molecular weight is 262 g/mol. The van der Waals surface area contributed by atoms with Gasteiger partial charge in [0.15, 0.2) is 0 Å². The first-order valence-corrected chi connectivity index (χ1v) is 7.83. The third kappa shape index (κ3) is 7.25. The van der Waals surface area contributed by atoms with Crippen molar-refractivity contribution in [3.05, 3.63) is 29.8 Å². The Balaban J connectivity index is 2.14. The van der Waals surface area contributed by atoms with Crippen LogP contribution in [-0.4, -0.2) is 6.61 Å². The standard InChI is InChI=1S/C18H30O/c1-5-17-9-11-18(12-10-17)19-14-13-16(4)8-6-7-15(2)3/h9-12,15-16H,5-8,13-14H2,1-4H3. The largest absolute Gasteiger partial charge is 0.494 e. The molecule has 0 radical (unpaired) electrons. The van der Waals surface area contributed by atoms with E-state index in [1.807, 2.05) is 0 Å². The minimum atomic E-state index is 0.772. The van der Waals surface area contributed by atoms with Crippen LogP contribution in [0.2, 0.25) is 0 Å². The number of hydrogen-bond acceptors (Lipinski definition) is 1. The number of aryl methyl sites for hydroxylation is 1. The highest BCUT2D eigenvalue weighted by Gasteiger charge is 2.04. The molecule has 1 atom stereocenters. The Labute approximate surface area is 119 Å². The predicted octanol–water partition coefficient (Wildman–Crippen LogP) is 5.48. The molecule has 0 aliphatic carbocycles. The highest BCUT2D eigenvalue weighted by molar-refractivity contribution is 5.27. The van der Waals surface area contributed by atoms with Gasteiger partial charge in [0, 0.05) is 0 Å². The molecule has 0 aliphatic rings. The lowest BCUT2D eigenvalue weighted by molar-refractivity contribution is 0.275. The Kier molecular flexibility index (Phi) is 7.62. The van der Waals surface area contributed by atoms with Gasteiger partial charge in [-0.3, -0.25) is 0 Å². The predicted molar refractivity (Wildman–Crippen MR) is 83.8 cm³/mol. The van der Waals surface area contributed by atoms with Gasteiger partial charge >= 0.3 is 0 Å². The van der Waals surface area contributed by atoms with E-state index in [0.29, 0.717) is 0 Å². The van der Waals surface area contributed by atoms with Gasteiger partial charge in [-0.1, -0.05) is 59.1 Å². The van der Waals surface area contributed by atoms with Crippen molar-refractivity contribution < 1.29 is 4.74 Å². The van der Waals surface area contributed by atoms with E-state index in [9.17, 15) is 0 Å².